The Kier molecular flexibility index (Phi) is 6.01. The van der Waals surface area contributed by atoms with Crippen LogP contribution in [0.25, 0.3) is 10.8 Å². The molecule has 1 fully saturated rings. The molecule has 2 aromatic heterocycles. The predicted octanol–water partition coefficient (Wildman–Crippen LogP) is 4.03. The molecule has 1 aliphatic heterocycles. The van der Waals surface area contributed by atoms with Crippen LogP contribution in [0.3, 0.4) is 0 Å². The van der Waals surface area contributed by atoms with Gasteiger partial charge in [0.05, 0.1) is 10.9 Å². The van der Waals surface area contributed by atoms with E-state index >= 15 is 0 Å². The minimum Gasteiger partial charge on any atom is -0.418 e. The van der Waals surface area contributed by atoms with Gasteiger partial charge in [-0.1, -0.05) is 18.2 Å². The van der Waals surface area contributed by atoms with Crippen molar-refractivity contribution in [2.24, 2.45) is 5.92 Å². The average Bonchev–Trinajstić information content (AvgIpc) is 3.44. The number of amides is 1. The molecule has 0 spiro atoms. The predicted molar refractivity (Wildman–Crippen MR) is 109 cm³/mol. The number of carbonyl (C=O) groups is 1. The lowest BCUT2D eigenvalue weighted by Crippen LogP contribution is -2.41. The van der Waals surface area contributed by atoms with Gasteiger partial charge in [-0.25, -0.2) is 4.39 Å². The van der Waals surface area contributed by atoms with Gasteiger partial charge < -0.3 is 9.73 Å². The fraction of sp³-hybridized carbons (Fsp3) is 0.381. The van der Waals surface area contributed by atoms with Crippen LogP contribution in [-0.4, -0.2) is 34.1 Å². The van der Waals surface area contributed by atoms with E-state index in [-0.39, 0.29) is 23.7 Å². The summed E-state index contributed by atoms with van der Waals surface area (Å²) in [6, 6.07) is 10.1. The SMILES string of the molecule is CC(c1nnc(-c2cccs2)o1)N1CCC(C(=O)NCc2ccc(F)cc2)CC1. The zero-order valence-electron chi connectivity index (χ0n) is 16.2. The van der Waals surface area contributed by atoms with Crippen LogP contribution in [0, 0.1) is 11.7 Å². The molecule has 0 aliphatic carbocycles. The summed E-state index contributed by atoms with van der Waals surface area (Å²) in [6.45, 7) is 4.07. The van der Waals surface area contributed by atoms with Gasteiger partial charge in [0.2, 0.25) is 11.8 Å². The summed E-state index contributed by atoms with van der Waals surface area (Å²) in [5, 5.41) is 13.3. The summed E-state index contributed by atoms with van der Waals surface area (Å²) < 4.78 is 18.8. The van der Waals surface area contributed by atoms with Gasteiger partial charge in [-0.05, 0) is 62.0 Å². The number of halogens is 1. The van der Waals surface area contributed by atoms with E-state index in [4.69, 9.17) is 4.42 Å². The van der Waals surface area contributed by atoms with E-state index in [9.17, 15) is 9.18 Å². The molecule has 0 bridgehead atoms. The second-order valence-electron chi connectivity index (χ2n) is 7.25. The normalized spacial score (nSPS) is 16.6. The van der Waals surface area contributed by atoms with Crippen molar-refractivity contribution in [3.05, 3.63) is 59.0 Å². The Balaban J connectivity index is 1.27. The van der Waals surface area contributed by atoms with Crippen LogP contribution in [0.5, 0.6) is 0 Å². The fourth-order valence-electron chi connectivity index (χ4n) is 3.54. The largest absolute Gasteiger partial charge is 0.418 e. The first-order valence-corrected chi connectivity index (χ1v) is 10.6. The third-order valence-corrected chi connectivity index (χ3v) is 6.22. The summed E-state index contributed by atoms with van der Waals surface area (Å²) >= 11 is 1.57. The van der Waals surface area contributed by atoms with E-state index in [2.05, 4.69) is 27.3 Å². The zero-order valence-corrected chi connectivity index (χ0v) is 17.0. The summed E-state index contributed by atoms with van der Waals surface area (Å²) in [4.78, 5) is 15.7. The minimum absolute atomic E-state index is 0.0109. The van der Waals surface area contributed by atoms with Gasteiger partial charge in [0, 0.05) is 12.5 Å². The van der Waals surface area contributed by atoms with Crippen molar-refractivity contribution in [2.45, 2.75) is 32.4 Å². The maximum atomic E-state index is 13.0. The highest BCUT2D eigenvalue weighted by Crippen LogP contribution is 2.29. The molecule has 8 heteroatoms. The number of benzene rings is 1. The topological polar surface area (TPSA) is 71.3 Å². The molecule has 1 saturated heterocycles. The molecular formula is C21H23FN4O2S. The number of rotatable bonds is 6. The van der Waals surface area contributed by atoms with E-state index in [1.54, 1.807) is 23.5 Å². The monoisotopic (exact) mass is 414 g/mol. The smallest absolute Gasteiger partial charge is 0.257 e. The lowest BCUT2D eigenvalue weighted by atomic mass is 9.95. The molecule has 0 radical (unpaired) electrons. The Bertz CT molecular complexity index is 934. The lowest BCUT2D eigenvalue weighted by molar-refractivity contribution is -0.126. The first kappa shape index (κ1) is 19.7. The molecule has 1 amide bonds. The number of nitrogens with zero attached hydrogens (tertiary/aromatic N) is 3. The highest BCUT2D eigenvalue weighted by atomic mass is 32.1. The van der Waals surface area contributed by atoms with Gasteiger partial charge in [0.1, 0.15) is 5.82 Å². The molecule has 6 nitrogen and oxygen atoms in total. The van der Waals surface area contributed by atoms with E-state index < -0.39 is 0 Å². The third kappa shape index (κ3) is 4.71. The van der Waals surface area contributed by atoms with Crippen LogP contribution >= 0.6 is 11.3 Å². The Morgan fingerprint density at radius 1 is 1.28 bits per heavy atom. The quantitative estimate of drug-likeness (QED) is 0.660. The van der Waals surface area contributed by atoms with Crippen molar-refractivity contribution in [1.29, 1.82) is 0 Å². The van der Waals surface area contributed by atoms with Gasteiger partial charge >= 0.3 is 0 Å². The summed E-state index contributed by atoms with van der Waals surface area (Å²) in [5.41, 5.74) is 0.892. The molecule has 1 unspecified atom stereocenters. The minimum atomic E-state index is -0.273. The summed E-state index contributed by atoms with van der Waals surface area (Å²) in [7, 11) is 0. The van der Waals surface area contributed by atoms with Crippen LogP contribution in [0.1, 0.15) is 37.3 Å². The number of hydrogen-bond acceptors (Lipinski definition) is 6. The molecule has 1 aliphatic rings. The fourth-order valence-corrected chi connectivity index (χ4v) is 4.19. The molecule has 3 heterocycles. The van der Waals surface area contributed by atoms with Gasteiger partial charge in [-0.15, -0.1) is 21.5 Å². The van der Waals surface area contributed by atoms with Crippen LogP contribution in [0.2, 0.25) is 0 Å². The van der Waals surface area contributed by atoms with Crippen LogP contribution in [0.15, 0.2) is 46.2 Å². The maximum absolute atomic E-state index is 13.0. The second-order valence-corrected chi connectivity index (χ2v) is 8.20. The van der Waals surface area contributed by atoms with Gasteiger partial charge in [-0.2, -0.15) is 0 Å². The van der Waals surface area contributed by atoms with E-state index in [1.807, 2.05) is 17.5 Å². The highest BCUT2D eigenvalue weighted by molar-refractivity contribution is 7.13. The zero-order chi connectivity index (χ0) is 20.2. The second kappa shape index (κ2) is 8.84. The molecule has 3 aromatic rings. The number of carbonyl (C=O) groups excluding carboxylic acids is 1. The molecule has 0 saturated carbocycles. The Hall–Kier alpha value is -2.58. The van der Waals surface area contributed by atoms with Crippen molar-refractivity contribution in [1.82, 2.24) is 20.4 Å². The Labute approximate surface area is 172 Å². The van der Waals surface area contributed by atoms with Crippen LogP contribution < -0.4 is 5.32 Å². The number of thiophene rings is 1. The van der Waals surface area contributed by atoms with E-state index in [0.29, 0.717) is 18.3 Å². The van der Waals surface area contributed by atoms with Crippen molar-refractivity contribution in [3.63, 3.8) is 0 Å². The Morgan fingerprint density at radius 2 is 2.03 bits per heavy atom. The number of piperidine rings is 1. The van der Waals surface area contributed by atoms with Crippen molar-refractivity contribution in [2.75, 3.05) is 13.1 Å². The van der Waals surface area contributed by atoms with Crippen LogP contribution in [0.4, 0.5) is 4.39 Å². The summed E-state index contributed by atoms with van der Waals surface area (Å²) in [5.74, 6) is 0.928. The standard InChI is InChI=1S/C21H23FN4O2S/c1-14(20-24-25-21(28-20)18-3-2-12-29-18)26-10-8-16(9-11-26)19(27)23-13-15-4-6-17(22)7-5-15/h2-7,12,14,16H,8-11,13H2,1H3,(H,23,27). The van der Waals surface area contributed by atoms with Crippen LogP contribution in [-0.2, 0) is 11.3 Å². The van der Waals surface area contributed by atoms with Crippen molar-refractivity contribution in [3.8, 4) is 10.8 Å². The van der Waals surface area contributed by atoms with Crippen molar-refractivity contribution >= 4 is 17.2 Å². The maximum Gasteiger partial charge on any atom is 0.257 e. The number of likely N-dealkylation sites (tertiary alicyclic amines) is 1. The molecule has 4 rings (SSSR count). The van der Waals surface area contributed by atoms with Gasteiger partial charge in [0.25, 0.3) is 5.89 Å². The highest BCUT2D eigenvalue weighted by Gasteiger charge is 2.29. The first-order valence-electron chi connectivity index (χ1n) is 9.73. The molecule has 152 valence electrons. The average molecular weight is 415 g/mol. The molecule has 1 aromatic carbocycles. The van der Waals surface area contributed by atoms with E-state index in [0.717, 1.165) is 36.4 Å². The van der Waals surface area contributed by atoms with Crippen molar-refractivity contribution < 1.29 is 13.6 Å². The van der Waals surface area contributed by atoms with E-state index in [1.165, 1.54) is 12.1 Å². The first-order chi connectivity index (χ1) is 14.1. The third-order valence-electron chi connectivity index (χ3n) is 5.36. The number of hydrogen-bond donors (Lipinski definition) is 1. The summed E-state index contributed by atoms with van der Waals surface area (Å²) in [6.07, 6.45) is 1.57. The number of aromatic nitrogens is 2. The lowest BCUT2D eigenvalue weighted by Gasteiger charge is -2.34. The van der Waals surface area contributed by atoms with Gasteiger partial charge in [0.15, 0.2) is 0 Å². The molecule has 1 atom stereocenters. The number of nitrogens with one attached hydrogen (secondary N) is 1. The van der Waals surface area contributed by atoms with Gasteiger partial charge in [-0.3, -0.25) is 9.69 Å². The Morgan fingerprint density at radius 3 is 2.72 bits per heavy atom. The molecule has 1 N–H and O–H groups in total. The molecular weight excluding hydrogens is 391 g/mol. The molecule has 29 heavy (non-hydrogen) atoms.